The Morgan fingerprint density at radius 2 is 1.78 bits per heavy atom. The molecule has 1 amide bonds. The molecule has 1 aliphatic rings. The summed E-state index contributed by atoms with van der Waals surface area (Å²) >= 11 is 0. The van der Waals surface area contributed by atoms with Crippen LogP contribution in [0.1, 0.15) is 16.1 Å². The van der Waals surface area contributed by atoms with E-state index < -0.39 is 5.82 Å². The summed E-state index contributed by atoms with van der Waals surface area (Å²) in [4.78, 5) is 25.0. The Bertz CT molecular complexity index is 1260. The zero-order valence-corrected chi connectivity index (χ0v) is 17.6. The lowest BCUT2D eigenvalue weighted by molar-refractivity contribution is 0.0742. The van der Waals surface area contributed by atoms with Crippen LogP contribution in [0.4, 0.5) is 21.6 Å². The number of amides is 1. The van der Waals surface area contributed by atoms with Crippen LogP contribution in [-0.2, 0) is 0 Å². The third kappa shape index (κ3) is 3.84. The van der Waals surface area contributed by atoms with E-state index in [1.807, 2.05) is 37.3 Å². The predicted molar refractivity (Wildman–Crippen MR) is 120 cm³/mol. The normalized spacial score (nSPS) is 14.1. The molecule has 0 saturated carbocycles. The number of anilines is 3. The fraction of sp³-hybridized carbons (Fsp3) is 0.217. The fourth-order valence-electron chi connectivity index (χ4n) is 3.90. The number of aromatic nitrogens is 4. The van der Waals surface area contributed by atoms with Crippen molar-refractivity contribution in [3.63, 3.8) is 0 Å². The maximum absolute atomic E-state index is 13.9. The number of hydrogen-bond donors (Lipinski definition) is 1. The van der Waals surface area contributed by atoms with Crippen molar-refractivity contribution in [2.24, 2.45) is 0 Å². The molecular weight excluding hydrogens is 409 g/mol. The first kappa shape index (κ1) is 19.9. The number of nitrogens with zero attached hydrogens (tertiary/aromatic N) is 6. The third-order valence-electron chi connectivity index (χ3n) is 5.56. The van der Waals surface area contributed by atoms with Crippen LogP contribution in [0.3, 0.4) is 0 Å². The molecule has 2 aromatic carbocycles. The van der Waals surface area contributed by atoms with Crippen LogP contribution in [0.25, 0.3) is 5.78 Å². The number of benzene rings is 2. The number of rotatable bonds is 4. The first-order valence-corrected chi connectivity index (χ1v) is 10.4. The molecular formula is C23H22FN7O. The van der Waals surface area contributed by atoms with E-state index >= 15 is 0 Å². The highest BCUT2D eigenvalue weighted by Crippen LogP contribution is 2.23. The van der Waals surface area contributed by atoms with Crippen LogP contribution < -0.4 is 10.2 Å². The second kappa shape index (κ2) is 8.26. The first-order valence-electron chi connectivity index (χ1n) is 10.4. The minimum atomic E-state index is -0.476. The first-order chi connectivity index (χ1) is 15.6. The van der Waals surface area contributed by atoms with E-state index in [1.165, 1.54) is 18.5 Å². The van der Waals surface area contributed by atoms with E-state index in [4.69, 9.17) is 0 Å². The average Bonchev–Trinajstić information content (AvgIpc) is 3.28. The van der Waals surface area contributed by atoms with Crippen molar-refractivity contribution < 1.29 is 9.18 Å². The minimum absolute atomic E-state index is 0.129. The van der Waals surface area contributed by atoms with Gasteiger partial charge in [-0.25, -0.2) is 9.37 Å². The van der Waals surface area contributed by atoms with E-state index in [-0.39, 0.29) is 11.5 Å². The van der Waals surface area contributed by atoms with Crippen LogP contribution in [0, 0.1) is 12.7 Å². The SMILES string of the molecule is Cc1cc(Nc2ccc(N3CCN(C(=O)c4ccccc4F)CC3)cc2)n2ncnc2n1. The maximum atomic E-state index is 13.9. The van der Waals surface area contributed by atoms with Gasteiger partial charge in [-0.05, 0) is 43.3 Å². The van der Waals surface area contributed by atoms with Gasteiger partial charge in [0.1, 0.15) is 18.0 Å². The summed E-state index contributed by atoms with van der Waals surface area (Å²) in [6.45, 7) is 4.40. The maximum Gasteiger partial charge on any atom is 0.256 e. The van der Waals surface area contributed by atoms with E-state index in [1.54, 1.807) is 21.5 Å². The van der Waals surface area contributed by atoms with E-state index in [2.05, 4.69) is 25.3 Å². The molecule has 1 fully saturated rings. The zero-order chi connectivity index (χ0) is 22.1. The van der Waals surface area contributed by atoms with Crippen molar-refractivity contribution >= 4 is 28.9 Å². The number of carbonyl (C=O) groups excluding carboxylic acids is 1. The van der Waals surface area contributed by atoms with Gasteiger partial charge < -0.3 is 15.1 Å². The number of halogens is 1. The smallest absolute Gasteiger partial charge is 0.256 e. The van der Waals surface area contributed by atoms with Crippen LogP contribution >= 0.6 is 0 Å². The molecule has 1 saturated heterocycles. The minimum Gasteiger partial charge on any atom is -0.368 e. The molecule has 162 valence electrons. The second-order valence-electron chi connectivity index (χ2n) is 7.69. The molecule has 0 bridgehead atoms. The molecule has 4 aromatic rings. The van der Waals surface area contributed by atoms with Crippen molar-refractivity contribution in [1.82, 2.24) is 24.5 Å². The topological polar surface area (TPSA) is 78.7 Å². The zero-order valence-electron chi connectivity index (χ0n) is 17.6. The average molecular weight is 431 g/mol. The molecule has 1 N–H and O–H groups in total. The molecule has 32 heavy (non-hydrogen) atoms. The van der Waals surface area contributed by atoms with Gasteiger partial charge in [0.25, 0.3) is 11.7 Å². The lowest BCUT2D eigenvalue weighted by Gasteiger charge is -2.36. The monoisotopic (exact) mass is 431 g/mol. The molecule has 2 aromatic heterocycles. The van der Waals surface area contributed by atoms with Gasteiger partial charge >= 0.3 is 0 Å². The molecule has 0 aliphatic carbocycles. The lowest BCUT2D eigenvalue weighted by atomic mass is 10.1. The van der Waals surface area contributed by atoms with Crippen LogP contribution in [0.5, 0.6) is 0 Å². The van der Waals surface area contributed by atoms with Crippen LogP contribution in [0.2, 0.25) is 0 Å². The van der Waals surface area contributed by atoms with Gasteiger partial charge in [-0.3, -0.25) is 4.79 Å². The molecule has 8 nitrogen and oxygen atoms in total. The predicted octanol–water partition coefficient (Wildman–Crippen LogP) is 3.28. The number of hydrogen-bond acceptors (Lipinski definition) is 6. The Balaban J connectivity index is 1.24. The van der Waals surface area contributed by atoms with Crippen LogP contribution in [-0.4, -0.2) is 56.6 Å². The Hall–Kier alpha value is -4.01. The van der Waals surface area contributed by atoms with Crippen molar-refractivity contribution in [3.8, 4) is 0 Å². The molecule has 1 aliphatic heterocycles. The molecule has 0 spiro atoms. The van der Waals surface area contributed by atoms with Gasteiger partial charge in [-0.1, -0.05) is 12.1 Å². The van der Waals surface area contributed by atoms with Crippen molar-refractivity contribution in [2.45, 2.75) is 6.92 Å². The molecule has 0 atom stereocenters. The Kier molecular flexibility index (Phi) is 5.14. The highest BCUT2D eigenvalue weighted by atomic mass is 19.1. The van der Waals surface area contributed by atoms with Crippen molar-refractivity contribution in [3.05, 3.63) is 78.0 Å². The van der Waals surface area contributed by atoms with Gasteiger partial charge in [0, 0.05) is 49.3 Å². The summed E-state index contributed by atoms with van der Waals surface area (Å²) in [7, 11) is 0. The fourth-order valence-corrected chi connectivity index (χ4v) is 3.90. The summed E-state index contributed by atoms with van der Waals surface area (Å²) < 4.78 is 15.6. The molecule has 0 radical (unpaired) electrons. The summed E-state index contributed by atoms with van der Waals surface area (Å²) in [6.07, 6.45) is 1.48. The Morgan fingerprint density at radius 1 is 1.03 bits per heavy atom. The Morgan fingerprint density at radius 3 is 2.53 bits per heavy atom. The summed E-state index contributed by atoms with van der Waals surface area (Å²) in [6, 6.07) is 16.1. The van der Waals surface area contributed by atoms with Crippen molar-refractivity contribution in [2.75, 3.05) is 36.4 Å². The van der Waals surface area contributed by atoms with E-state index in [9.17, 15) is 9.18 Å². The number of aryl methyl sites for hydroxylation is 1. The molecule has 9 heteroatoms. The van der Waals surface area contributed by atoms with Crippen molar-refractivity contribution in [1.29, 1.82) is 0 Å². The molecule has 0 unspecified atom stereocenters. The standard InChI is InChI=1S/C23H22FN7O/c1-16-14-21(31-23(27-16)25-15-26-31)28-17-6-8-18(9-7-17)29-10-12-30(13-11-29)22(32)19-4-2-3-5-20(19)24/h2-9,14-15,28H,10-13H2,1H3. The van der Waals surface area contributed by atoms with Gasteiger partial charge in [0.2, 0.25) is 0 Å². The van der Waals surface area contributed by atoms with Gasteiger partial charge in [0.15, 0.2) is 0 Å². The quantitative estimate of drug-likeness (QED) is 0.534. The summed E-state index contributed by atoms with van der Waals surface area (Å²) in [5.41, 5.74) is 2.98. The highest BCUT2D eigenvalue weighted by Gasteiger charge is 2.24. The second-order valence-corrected chi connectivity index (χ2v) is 7.69. The highest BCUT2D eigenvalue weighted by molar-refractivity contribution is 5.94. The number of nitrogens with one attached hydrogen (secondary N) is 1. The van der Waals surface area contributed by atoms with Gasteiger partial charge in [0.05, 0.1) is 5.56 Å². The number of carbonyl (C=O) groups is 1. The lowest BCUT2D eigenvalue weighted by Crippen LogP contribution is -2.49. The number of fused-ring (bicyclic) bond motifs is 1. The third-order valence-corrected chi connectivity index (χ3v) is 5.56. The van der Waals surface area contributed by atoms with E-state index in [0.29, 0.717) is 32.0 Å². The van der Waals surface area contributed by atoms with E-state index in [0.717, 1.165) is 22.9 Å². The summed E-state index contributed by atoms with van der Waals surface area (Å²) in [5.74, 6) is 0.606. The molecule has 3 heterocycles. The van der Waals surface area contributed by atoms with Gasteiger partial charge in [-0.15, -0.1) is 0 Å². The largest absolute Gasteiger partial charge is 0.368 e. The van der Waals surface area contributed by atoms with Crippen LogP contribution in [0.15, 0.2) is 60.9 Å². The van der Waals surface area contributed by atoms with Gasteiger partial charge in [-0.2, -0.15) is 14.6 Å². The Labute approximate surface area is 184 Å². The number of piperazine rings is 1. The molecule has 5 rings (SSSR count). The summed E-state index contributed by atoms with van der Waals surface area (Å²) in [5, 5.41) is 7.58.